The van der Waals surface area contributed by atoms with E-state index < -0.39 is 0 Å². The predicted octanol–water partition coefficient (Wildman–Crippen LogP) is 32.1. The Morgan fingerprint density at radius 2 is 0.333 bits per heavy atom. The van der Waals surface area contributed by atoms with E-state index in [1.165, 1.54) is 300 Å². The SMILES string of the molecule is CC(C)CCCCCCn1cc(CCC(C)C)nn1.CC(C)CCCCCCn1cc(CCC(C)C)nn1.CC(C)CCCCCc1cnnn1CCCCC(C)C.CC(C)CCCCCc1cnnn1CCCCC(C)C.CC(C)CCCCCn1cc(CCCC(C)C)nn1.CC(C)CCCCCn1cc(CCCC(C)C)nn1.CC(C)CCCCCn1nncc1CCCC(C)C. The van der Waals surface area contributed by atoms with Gasteiger partial charge in [0.1, 0.15) is 0 Å². The molecule has 21 heteroatoms. The van der Waals surface area contributed by atoms with E-state index in [4.69, 9.17) is 0 Å². The number of hydrogen-bond acceptors (Lipinski definition) is 14. The zero-order valence-corrected chi connectivity index (χ0v) is 94.0. The number of unbranched alkanes of at least 4 members (excludes halogenated alkanes) is 18. The molecule has 0 amide bonds. The molecule has 782 valence electrons. The van der Waals surface area contributed by atoms with Gasteiger partial charge < -0.3 is 0 Å². The van der Waals surface area contributed by atoms with E-state index in [1.54, 1.807) is 0 Å². The van der Waals surface area contributed by atoms with Gasteiger partial charge in [-0.1, -0.05) is 423 Å². The lowest BCUT2D eigenvalue weighted by atomic mass is 10.0. The van der Waals surface area contributed by atoms with Crippen molar-refractivity contribution in [3.8, 4) is 0 Å². The molecule has 7 aromatic heterocycles. The average Bonchev–Trinajstić information content (AvgIpc) is 1.78. The summed E-state index contributed by atoms with van der Waals surface area (Å²) < 4.78 is 14.4. The molecule has 7 aromatic rings. The van der Waals surface area contributed by atoms with Gasteiger partial charge in [-0.3, -0.25) is 18.7 Å². The van der Waals surface area contributed by atoms with Gasteiger partial charge in [-0.05, 0) is 218 Å². The van der Waals surface area contributed by atoms with Crippen molar-refractivity contribution in [2.24, 2.45) is 82.9 Å². The van der Waals surface area contributed by atoms with Crippen molar-refractivity contribution in [3.05, 3.63) is 83.2 Å². The fourth-order valence-corrected chi connectivity index (χ4v) is 16.2. The molecule has 0 aliphatic carbocycles. The lowest BCUT2D eigenvalue weighted by molar-refractivity contribution is 0.472. The predicted molar refractivity (Wildman–Crippen MR) is 577 cm³/mol. The van der Waals surface area contributed by atoms with Crippen LogP contribution in [0.4, 0.5) is 0 Å². The van der Waals surface area contributed by atoms with Gasteiger partial charge >= 0.3 is 0 Å². The second-order valence-corrected chi connectivity index (χ2v) is 46.1. The van der Waals surface area contributed by atoms with Crippen LogP contribution < -0.4 is 0 Å². The average molecular weight is 1890 g/mol. The topological polar surface area (TPSA) is 215 Å². The third-order valence-electron chi connectivity index (χ3n) is 25.1. The van der Waals surface area contributed by atoms with Crippen LogP contribution in [-0.4, -0.2) is 105 Å². The molecule has 0 saturated carbocycles. The van der Waals surface area contributed by atoms with Gasteiger partial charge in [0, 0.05) is 70.6 Å². The normalized spacial score (nSPS) is 11.7. The molecule has 7 heterocycles. The van der Waals surface area contributed by atoms with Gasteiger partial charge in [0.15, 0.2) is 0 Å². The Morgan fingerprint density at radius 1 is 0.163 bits per heavy atom. The molecule has 0 saturated heterocycles. The fourth-order valence-electron chi connectivity index (χ4n) is 16.2. The summed E-state index contributed by atoms with van der Waals surface area (Å²) in [4.78, 5) is 0. The summed E-state index contributed by atoms with van der Waals surface area (Å²) in [7, 11) is 0. The van der Waals surface area contributed by atoms with E-state index >= 15 is 0 Å². The molecule has 21 nitrogen and oxygen atoms in total. The number of aromatic nitrogens is 21. The van der Waals surface area contributed by atoms with Crippen LogP contribution in [0.2, 0.25) is 0 Å². The standard InChI is InChI=1S/2C17H33N3.5C16H31N3/c2*1-15(2)10-6-5-7-12-17-14-18-19-20(17)13-9-8-11-16(3)4;2*1-14(2)9-6-5-7-12-19-13-16(17-18-19)11-8-10-15(3)4;1-14(2)9-6-5-7-12-19-16(13-17-18-19)11-8-10-15(3)4;2*1-14(2)9-7-5-6-8-12-19-13-16(17-18-19)11-10-15(3)4/h2*14-16H,5-13H2,1-4H3;5*13-15H,5-12H2,1-4H3. The molecule has 0 radical (unpaired) electrons. The maximum absolute atomic E-state index is 4.25. The van der Waals surface area contributed by atoms with E-state index in [9.17, 15) is 0 Å². The number of rotatable bonds is 72. The minimum atomic E-state index is 0.742. The summed E-state index contributed by atoms with van der Waals surface area (Å²) in [6, 6.07) is 0. The van der Waals surface area contributed by atoms with Crippen molar-refractivity contribution in [3.63, 3.8) is 0 Å². The monoisotopic (exact) mass is 1880 g/mol. The smallest absolute Gasteiger partial charge is 0.0827 e. The highest BCUT2D eigenvalue weighted by Gasteiger charge is 2.13. The van der Waals surface area contributed by atoms with Gasteiger partial charge in [-0.15, -0.1) is 35.7 Å². The molecule has 0 spiro atoms. The molecule has 0 N–H and O–H groups in total. The van der Waals surface area contributed by atoms with Crippen LogP contribution in [-0.2, 0) is 90.8 Å². The Bertz CT molecular complexity index is 3440. The minimum Gasteiger partial charge on any atom is -0.252 e. The molecule has 0 aromatic carbocycles. The van der Waals surface area contributed by atoms with Crippen molar-refractivity contribution in [2.75, 3.05) is 0 Å². The Balaban J connectivity index is 0.000000788. The van der Waals surface area contributed by atoms with Gasteiger partial charge in [0.25, 0.3) is 0 Å². The van der Waals surface area contributed by atoms with Crippen LogP contribution in [0.5, 0.6) is 0 Å². The first-order valence-corrected chi connectivity index (χ1v) is 56.8. The highest BCUT2D eigenvalue weighted by molar-refractivity contribution is 4.98. The maximum atomic E-state index is 4.25. The molecule has 0 fully saturated rings. The third kappa shape index (κ3) is 79.4. The fraction of sp³-hybridized carbons (Fsp3) is 0.877. The molecular weight excluding hydrogens is 1660 g/mol. The van der Waals surface area contributed by atoms with Crippen LogP contribution in [0.1, 0.15) is 516 Å². The Kier molecular flexibility index (Phi) is 78.8. The van der Waals surface area contributed by atoms with E-state index in [0.717, 1.165) is 196 Å². The Hall–Kier alpha value is -6.02. The maximum Gasteiger partial charge on any atom is 0.0827 e. The van der Waals surface area contributed by atoms with Crippen LogP contribution in [0.25, 0.3) is 0 Å². The second-order valence-electron chi connectivity index (χ2n) is 46.1. The van der Waals surface area contributed by atoms with E-state index in [0.29, 0.717) is 0 Å². The molecule has 0 bridgehead atoms. The molecule has 0 aliphatic rings. The summed E-state index contributed by atoms with van der Waals surface area (Å²) in [5.41, 5.74) is 8.55. The second kappa shape index (κ2) is 83.7. The number of nitrogens with zero attached hydrogens (tertiary/aromatic N) is 21. The van der Waals surface area contributed by atoms with Gasteiger partial charge in [-0.2, -0.15) is 0 Å². The van der Waals surface area contributed by atoms with Gasteiger partial charge in [-0.25, -0.2) is 14.0 Å². The van der Waals surface area contributed by atoms with Crippen molar-refractivity contribution in [1.82, 2.24) is 105 Å². The molecule has 7 rings (SSSR count). The first-order valence-electron chi connectivity index (χ1n) is 56.8. The van der Waals surface area contributed by atoms with Crippen molar-refractivity contribution >= 4 is 0 Å². The Labute approximate surface area is 833 Å². The summed E-state index contributed by atoms with van der Waals surface area (Å²) >= 11 is 0. The van der Waals surface area contributed by atoms with Crippen molar-refractivity contribution in [1.29, 1.82) is 0 Å². The minimum absolute atomic E-state index is 0.742. The zero-order chi connectivity index (χ0) is 100. The van der Waals surface area contributed by atoms with Crippen molar-refractivity contribution in [2.45, 2.75) is 567 Å². The van der Waals surface area contributed by atoms with E-state index in [1.807, 2.05) is 37.3 Å². The summed E-state index contributed by atoms with van der Waals surface area (Å²) in [6.07, 6.45) is 79.2. The summed E-state index contributed by atoms with van der Waals surface area (Å²) in [5.74, 6) is 11.3. The highest BCUT2D eigenvalue weighted by atomic mass is 15.5. The molecular formula is C114H221N21. The first-order chi connectivity index (χ1) is 64.6. The highest BCUT2D eigenvalue weighted by Crippen LogP contribution is 2.21. The third-order valence-corrected chi connectivity index (χ3v) is 25.1. The van der Waals surface area contributed by atoms with E-state index in [-0.39, 0.29) is 0 Å². The molecule has 135 heavy (non-hydrogen) atoms. The Morgan fingerprint density at radius 3 is 0.570 bits per heavy atom. The summed E-state index contributed by atoms with van der Waals surface area (Å²) in [5, 5.41) is 58.7. The largest absolute Gasteiger partial charge is 0.252 e. The lowest BCUT2D eigenvalue weighted by Gasteiger charge is -2.08. The number of aryl methyl sites for hydroxylation is 14. The van der Waals surface area contributed by atoms with E-state index in [2.05, 4.69) is 305 Å². The molecule has 0 unspecified atom stereocenters. The quantitative estimate of drug-likeness (QED) is 0.0324. The first kappa shape index (κ1) is 127. The van der Waals surface area contributed by atoms with Crippen molar-refractivity contribution < 1.29 is 0 Å². The van der Waals surface area contributed by atoms with Crippen LogP contribution in [0, 0.1) is 82.9 Å². The molecule has 0 atom stereocenters. The number of hydrogen-bond donors (Lipinski definition) is 0. The van der Waals surface area contributed by atoms with Crippen LogP contribution in [0.15, 0.2) is 43.4 Å². The van der Waals surface area contributed by atoms with Crippen LogP contribution >= 0.6 is 0 Å². The summed E-state index contributed by atoms with van der Waals surface area (Å²) in [6.45, 7) is 71.2. The van der Waals surface area contributed by atoms with Gasteiger partial charge in [0.2, 0.25) is 0 Å². The zero-order valence-electron chi connectivity index (χ0n) is 94.0. The lowest BCUT2D eigenvalue weighted by Crippen LogP contribution is -2.06. The molecule has 0 aliphatic heterocycles. The van der Waals surface area contributed by atoms with Gasteiger partial charge in [0.05, 0.1) is 58.4 Å². The van der Waals surface area contributed by atoms with Crippen LogP contribution in [0.3, 0.4) is 0 Å².